The van der Waals surface area contributed by atoms with Crippen molar-refractivity contribution in [1.29, 1.82) is 0 Å². The van der Waals surface area contributed by atoms with Gasteiger partial charge in [0.15, 0.2) is 0 Å². The van der Waals surface area contributed by atoms with E-state index in [2.05, 4.69) is 20.8 Å². The number of halogens is 2. The van der Waals surface area contributed by atoms with Gasteiger partial charge in [-0.3, -0.25) is 0 Å². The van der Waals surface area contributed by atoms with Crippen LogP contribution in [0.1, 0.15) is 40.0 Å². The van der Waals surface area contributed by atoms with Crippen molar-refractivity contribution in [3.05, 3.63) is 0 Å². The smallest absolute Gasteiger partial charge is 0.160 e. The van der Waals surface area contributed by atoms with E-state index in [1.165, 1.54) is 19.3 Å². The van der Waals surface area contributed by atoms with E-state index in [-0.39, 0.29) is 0 Å². The molecule has 0 aliphatic carbocycles. The monoisotopic (exact) mass is 202 g/mol. The first-order valence-electron chi connectivity index (χ1n) is 3.91. The van der Waals surface area contributed by atoms with Gasteiger partial charge in [0.1, 0.15) is 0 Å². The van der Waals surface area contributed by atoms with E-state index in [0.29, 0.717) is 0 Å². The first kappa shape index (κ1) is 14.3. The van der Waals surface area contributed by atoms with Crippen LogP contribution in [0.5, 0.6) is 0 Å². The van der Waals surface area contributed by atoms with Crippen LogP contribution in [0.25, 0.3) is 0 Å². The minimum Gasteiger partial charge on any atom is -0.160 e. The standard InChI is InChI=1S/C7H16.F2O2S/c1-4-5-6-7(2)3;1-5(2,3)4/h7H,4-6H2,1-3H3;. The number of rotatable bonds is 3. The molecule has 76 valence electrons. The van der Waals surface area contributed by atoms with Crippen LogP contribution in [0.3, 0.4) is 0 Å². The normalized spacial score (nSPS) is 10.8. The summed E-state index contributed by atoms with van der Waals surface area (Å²) in [5, 5.41) is 0. The zero-order valence-corrected chi connectivity index (χ0v) is 8.50. The van der Waals surface area contributed by atoms with E-state index < -0.39 is 10.6 Å². The van der Waals surface area contributed by atoms with Crippen LogP contribution in [0, 0.1) is 5.92 Å². The fourth-order valence-corrected chi connectivity index (χ4v) is 0.612. The van der Waals surface area contributed by atoms with Gasteiger partial charge in [-0.05, 0) is 5.92 Å². The number of hydrogen-bond acceptors (Lipinski definition) is 2. The zero-order chi connectivity index (χ0) is 10.2. The molecule has 0 saturated heterocycles. The Kier molecular flexibility index (Phi) is 8.91. The van der Waals surface area contributed by atoms with E-state index in [1.54, 1.807) is 0 Å². The maximum Gasteiger partial charge on any atom is 0.476 e. The highest BCUT2D eigenvalue weighted by Gasteiger charge is 1.94. The molecule has 0 fully saturated rings. The Morgan fingerprint density at radius 3 is 1.67 bits per heavy atom. The highest BCUT2D eigenvalue weighted by atomic mass is 32.3. The molecular formula is C7H16F2O2S. The van der Waals surface area contributed by atoms with Gasteiger partial charge in [-0.1, -0.05) is 47.8 Å². The summed E-state index contributed by atoms with van der Waals surface area (Å²) in [6.07, 6.45) is 4.15. The van der Waals surface area contributed by atoms with E-state index in [1.807, 2.05) is 0 Å². The third-order valence-electron chi connectivity index (χ3n) is 1.14. The second kappa shape index (κ2) is 7.46. The summed E-state index contributed by atoms with van der Waals surface area (Å²) >= 11 is 0. The molecule has 0 atom stereocenters. The van der Waals surface area contributed by atoms with Crippen molar-refractivity contribution in [1.82, 2.24) is 0 Å². The lowest BCUT2D eigenvalue weighted by atomic mass is 10.1. The molecule has 0 radical (unpaired) electrons. The lowest BCUT2D eigenvalue weighted by Gasteiger charge is -1.98. The quantitative estimate of drug-likeness (QED) is 0.659. The molecular weight excluding hydrogens is 186 g/mol. The summed E-state index contributed by atoms with van der Waals surface area (Å²) in [6.45, 7) is 6.79. The molecule has 0 bridgehead atoms. The summed E-state index contributed by atoms with van der Waals surface area (Å²) in [7, 11) is -5.67. The highest BCUT2D eigenvalue weighted by molar-refractivity contribution is 7.81. The molecule has 0 aromatic rings. The molecule has 0 aromatic heterocycles. The van der Waals surface area contributed by atoms with Gasteiger partial charge in [-0.25, -0.2) is 0 Å². The lowest BCUT2D eigenvalue weighted by molar-refractivity contribution is 0.501. The Balaban J connectivity index is 0. The van der Waals surface area contributed by atoms with Crippen molar-refractivity contribution >= 4 is 10.6 Å². The average Bonchev–Trinajstić information content (AvgIpc) is 1.79. The van der Waals surface area contributed by atoms with Crippen molar-refractivity contribution in [3.8, 4) is 0 Å². The van der Waals surface area contributed by atoms with Gasteiger partial charge in [0.05, 0.1) is 0 Å². The summed E-state index contributed by atoms with van der Waals surface area (Å²) < 4.78 is 36.6. The molecule has 0 amide bonds. The topological polar surface area (TPSA) is 34.1 Å². The highest BCUT2D eigenvalue weighted by Crippen LogP contribution is 2.04. The fourth-order valence-electron chi connectivity index (χ4n) is 0.612. The van der Waals surface area contributed by atoms with Crippen LogP contribution in [-0.2, 0) is 10.6 Å². The molecule has 0 spiro atoms. The summed E-state index contributed by atoms with van der Waals surface area (Å²) in [5.74, 6) is 0.903. The first-order chi connectivity index (χ1) is 5.27. The molecule has 0 N–H and O–H groups in total. The van der Waals surface area contributed by atoms with E-state index in [9.17, 15) is 7.77 Å². The Labute approximate surface area is 73.5 Å². The predicted molar refractivity (Wildman–Crippen MR) is 45.5 cm³/mol. The molecule has 0 aliphatic heterocycles. The van der Waals surface area contributed by atoms with Crippen molar-refractivity contribution in [2.45, 2.75) is 40.0 Å². The second-order valence-corrected chi connectivity index (χ2v) is 3.67. The van der Waals surface area contributed by atoms with Crippen LogP contribution in [0.4, 0.5) is 7.77 Å². The van der Waals surface area contributed by atoms with Crippen LogP contribution >= 0.6 is 0 Å². The number of hydrogen-bond donors (Lipinski definition) is 0. The van der Waals surface area contributed by atoms with Gasteiger partial charge in [-0.2, -0.15) is 8.42 Å². The minimum absolute atomic E-state index is 0.903. The molecule has 12 heavy (non-hydrogen) atoms. The van der Waals surface area contributed by atoms with Gasteiger partial charge in [0.2, 0.25) is 0 Å². The van der Waals surface area contributed by atoms with Crippen LogP contribution in [0.15, 0.2) is 0 Å². The minimum atomic E-state index is -5.67. The van der Waals surface area contributed by atoms with Crippen LogP contribution in [0.2, 0.25) is 0 Å². The Bertz CT molecular complexity index is 168. The Hall–Kier alpha value is -0.190. The zero-order valence-electron chi connectivity index (χ0n) is 7.68. The summed E-state index contributed by atoms with van der Waals surface area (Å²) in [6, 6.07) is 0. The SMILES string of the molecule is CCCCC(C)C.O=S(=O)(F)F. The second-order valence-electron chi connectivity index (χ2n) is 2.91. The van der Waals surface area contributed by atoms with Crippen molar-refractivity contribution < 1.29 is 16.2 Å². The van der Waals surface area contributed by atoms with Crippen molar-refractivity contribution in [2.75, 3.05) is 0 Å². The third kappa shape index (κ3) is 52.5. The van der Waals surface area contributed by atoms with Gasteiger partial charge >= 0.3 is 10.6 Å². The molecule has 0 aromatic carbocycles. The van der Waals surface area contributed by atoms with Gasteiger partial charge in [-0.15, -0.1) is 0 Å². The Morgan fingerprint density at radius 2 is 1.58 bits per heavy atom. The van der Waals surface area contributed by atoms with Gasteiger partial charge < -0.3 is 0 Å². The molecule has 2 nitrogen and oxygen atoms in total. The number of unbranched alkanes of at least 4 members (excludes halogenated alkanes) is 1. The third-order valence-corrected chi connectivity index (χ3v) is 1.14. The molecule has 0 saturated carbocycles. The average molecular weight is 202 g/mol. The molecule has 0 unspecified atom stereocenters. The molecule has 0 rings (SSSR count). The van der Waals surface area contributed by atoms with E-state index in [0.717, 1.165) is 5.92 Å². The van der Waals surface area contributed by atoms with Gasteiger partial charge in [0, 0.05) is 0 Å². The van der Waals surface area contributed by atoms with Crippen molar-refractivity contribution in [2.24, 2.45) is 5.92 Å². The van der Waals surface area contributed by atoms with Crippen LogP contribution in [-0.4, -0.2) is 8.42 Å². The van der Waals surface area contributed by atoms with E-state index >= 15 is 0 Å². The lowest BCUT2D eigenvalue weighted by Crippen LogP contribution is -1.83. The fraction of sp³-hybridized carbons (Fsp3) is 1.00. The van der Waals surface area contributed by atoms with E-state index in [4.69, 9.17) is 8.42 Å². The Morgan fingerprint density at radius 1 is 1.25 bits per heavy atom. The molecule has 5 heteroatoms. The molecule has 0 heterocycles. The summed E-state index contributed by atoms with van der Waals surface area (Å²) in [5.41, 5.74) is 0. The maximum atomic E-state index is 9.99. The van der Waals surface area contributed by atoms with Crippen LogP contribution < -0.4 is 0 Å². The first-order valence-corrected chi connectivity index (χ1v) is 5.20. The molecule has 0 aliphatic rings. The predicted octanol–water partition coefficient (Wildman–Crippen LogP) is 3.00. The van der Waals surface area contributed by atoms with Gasteiger partial charge in [0.25, 0.3) is 0 Å². The summed E-state index contributed by atoms with van der Waals surface area (Å²) in [4.78, 5) is 0. The van der Waals surface area contributed by atoms with Crippen molar-refractivity contribution in [3.63, 3.8) is 0 Å². The maximum absolute atomic E-state index is 9.99. The largest absolute Gasteiger partial charge is 0.476 e.